The molecule has 0 aliphatic rings. The number of aromatic amines is 1. The smallest absolute Gasteiger partial charge is 0.372 e. The number of benzene rings is 2. The predicted octanol–water partition coefficient (Wildman–Crippen LogP) is 7.12. The molecule has 42 heavy (non-hydrogen) atoms. The average Bonchev–Trinajstić information content (AvgIpc) is 3.30. The zero-order valence-electron chi connectivity index (χ0n) is 22.5. The fourth-order valence-corrected chi connectivity index (χ4v) is 4.67. The Morgan fingerprint density at radius 3 is 2.26 bits per heavy atom. The van der Waals surface area contributed by atoms with E-state index in [2.05, 4.69) is 30.7 Å². The van der Waals surface area contributed by atoms with Crippen molar-refractivity contribution >= 4 is 29.6 Å². The third-order valence-electron chi connectivity index (χ3n) is 6.57. The highest BCUT2D eigenvalue weighted by Crippen LogP contribution is 2.39. The molecule has 0 saturated carbocycles. The van der Waals surface area contributed by atoms with E-state index in [0.717, 1.165) is 15.8 Å². The second-order valence-corrected chi connectivity index (χ2v) is 9.75. The number of H-pyrrole nitrogens is 1. The van der Waals surface area contributed by atoms with Crippen molar-refractivity contribution in [3.63, 3.8) is 0 Å². The minimum Gasteiger partial charge on any atom is -0.372 e. The van der Waals surface area contributed by atoms with E-state index < -0.39 is 23.7 Å². The van der Waals surface area contributed by atoms with Gasteiger partial charge in [0.1, 0.15) is 21.8 Å². The second-order valence-electron chi connectivity index (χ2n) is 9.34. The van der Waals surface area contributed by atoms with Crippen LogP contribution in [0.2, 0.25) is 0 Å². The monoisotopic (exact) mass is 593 g/mol. The van der Waals surface area contributed by atoms with Gasteiger partial charge < -0.3 is 10.6 Å². The van der Waals surface area contributed by atoms with Gasteiger partial charge in [-0.15, -0.1) is 0 Å². The molecule has 214 valence electrons. The molecule has 3 heterocycles. The van der Waals surface area contributed by atoms with Gasteiger partial charge in [-0.3, -0.25) is 14.9 Å². The molecule has 0 bridgehead atoms. The Labute approximate surface area is 242 Å². The van der Waals surface area contributed by atoms with Gasteiger partial charge in [0.05, 0.1) is 11.3 Å². The topological polar surface area (TPSA) is 101 Å². The second kappa shape index (κ2) is 11.2. The number of nitrogens with zero attached hydrogens (tertiary/aromatic N) is 4. The van der Waals surface area contributed by atoms with E-state index in [1.54, 1.807) is 12.1 Å². The fourth-order valence-electron chi connectivity index (χ4n) is 4.39. The summed E-state index contributed by atoms with van der Waals surface area (Å²) in [7, 11) is 1.49. The van der Waals surface area contributed by atoms with Crippen LogP contribution in [0, 0.1) is 24.3 Å². The van der Waals surface area contributed by atoms with E-state index in [0.29, 0.717) is 16.8 Å². The number of hydrogen-bond donors (Lipinski definition) is 3. The molecule has 0 unspecified atom stereocenters. The molecule has 5 rings (SSSR count). The number of alkyl halides is 3. The lowest BCUT2D eigenvalue weighted by atomic mass is 10.00. The van der Waals surface area contributed by atoms with E-state index >= 15 is 0 Å². The predicted molar refractivity (Wildman–Crippen MR) is 154 cm³/mol. The van der Waals surface area contributed by atoms with E-state index in [1.807, 2.05) is 19.9 Å². The first-order valence-corrected chi connectivity index (χ1v) is 13.0. The SMILES string of the molecule is CNc1c(C(=O)Nc2ccc(C)c(C)c2)c(=S)[nH]n1-c1nc(C(F)(F)F)nc(-c2ccncc2)c1-c1ccc(F)cc1. The summed E-state index contributed by atoms with van der Waals surface area (Å²) in [5.74, 6) is -2.77. The van der Waals surface area contributed by atoms with Crippen LogP contribution in [0.25, 0.3) is 28.2 Å². The van der Waals surface area contributed by atoms with Crippen molar-refractivity contribution in [3.05, 3.63) is 100.0 Å². The van der Waals surface area contributed by atoms with E-state index in [9.17, 15) is 22.4 Å². The zero-order chi connectivity index (χ0) is 30.2. The van der Waals surface area contributed by atoms with Crippen LogP contribution >= 0.6 is 12.2 Å². The number of aromatic nitrogens is 5. The summed E-state index contributed by atoms with van der Waals surface area (Å²) in [6.07, 6.45) is -2.10. The van der Waals surface area contributed by atoms with E-state index in [-0.39, 0.29) is 33.1 Å². The number of nitrogens with one attached hydrogen (secondary N) is 3. The number of hydrogen-bond acceptors (Lipinski definition) is 6. The van der Waals surface area contributed by atoms with Crippen LogP contribution < -0.4 is 10.6 Å². The number of anilines is 2. The summed E-state index contributed by atoms with van der Waals surface area (Å²) in [6, 6.07) is 13.5. The highest BCUT2D eigenvalue weighted by molar-refractivity contribution is 7.71. The third-order valence-corrected chi connectivity index (χ3v) is 6.87. The summed E-state index contributed by atoms with van der Waals surface area (Å²) in [6.45, 7) is 3.84. The van der Waals surface area contributed by atoms with Gasteiger partial charge in [-0.1, -0.05) is 30.4 Å². The Morgan fingerprint density at radius 1 is 0.952 bits per heavy atom. The van der Waals surface area contributed by atoms with Gasteiger partial charge in [-0.2, -0.15) is 13.2 Å². The summed E-state index contributed by atoms with van der Waals surface area (Å²) in [5.41, 5.74) is 3.17. The lowest BCUT2D eigenvalue weighted by Crippen LogP contribution is -2.18. The van der Waals surface area contributed by atoms with Crippen LogP contribution in [0.1, 0.15) is 27.3 Å². The largest absolute Gasteiger partial charge is 0.451 e. The van der Waals surface area contributed by atoms with E-state index in [4.69, 9.17) is 12.2 Å². The molecule has 0 aliphatic carbocycles. The van der Waals surface area contributed by atoms with Crippen molar-refractivity contribution in [2.45, 2.75) is 20.0 Å². The molecule has 0 aliphatic heterocycles. The lowest BCUT2D eigenvalue weighted by Gasteiger charge is -2.19. The number of pyridine rings is 1. The Kier molecular flexibility index (Phi) is 7.61. The molecule has 1 amide bonds. The molecule has 3 N–H and O–H groups in total. The molecular formula is C29H23F4N7OS. The summed E-state index contributed by atoms with van der Waals surface area (Å²) >= 11 is 5.47. The van der Waals surface area contributed by atoms with E-state index in [1.165, 1.54) is 55.8 Å². The number of carbonyl (C=O) groups excluding carboxylic acids is 1. The lowest BCUT2D eigenvalue weighted by molar-refractivity contribution is -0.144. The molecular weight excluding hydrogens is 570 g/mol. The van der Waals surface area contributed by atoms with Gasteiger partial charge in [0.2, 0.25) is 5.82 Å². The molecule has 13 heteroatoms. The minimum absolute atomic E-state index is 0.0200. The van der Waals surface area contributed by atoms with Crippen LogP contribution in [-0.2, 0) is 6.18 Å². The maximum Gasteiger partial charge on any atom is 0.451 e. The number of halogens is 4. The quantitative estimate of drug-likeness (QED) is 0.143. The first-order valence-electron chi connectivity index (χ1n) is 12.5. The Balaban J connectivity index is 1.78. The van der Waals surface area contributed by atoms with Crippen molar-refractivity contribution in [2.24, 2.45) is 0 Å². The standard InChI is InChI=1S/C29H23F4N7OS/c1-15-4-9-20(14-16(15)2)36-26(41)22-24(34-3)40(39-27(22)42)25-21(17-5-7-19(30)8-6-17)23(18-10-12-35-13-11-18)37-28(38-25)29(31,32)33/h4-14,34H,1-3H3,(H,36,41)(H,39,42). The normalized spacial score (nSPS) is 11.4. The van der Waals surface area contributed by atoms with Gasteiger partial charge in [0.15, 0.2) is 5.82 Å². The highest BCUT2D eigenvalue weighted by atomic mass is 32.1. The summed E-state index contributed by atoms with van der Waals surface area (Å²) < 4.78 is 57.5. The van der Waals surface area contributed by atoms with Gasteiger partial charge in [0.25, 0.3) is 5.91 Å². The molecule has 0 fully saturated rings. The maximum absolute atomic E-state index is 14.2. The number of amides is 1. The van der Waals surface area contributed by atoms with Crippen molar-refractivity contribution in [3.8, 4) is 28.2 Å². The Morgan fingerprint density at radius 2 is 1.64 bits per heavy atom. The van der Waals surface area contributed by atoms with Crippen molar-refractivity contribution < 1.29 is 22.4 Å². The van der Waals surface area contributed by atoms with Crippen molar-refractivity contribution in [1.29, 1.82) is 0 Å². The van der Waals surface area contributed by atoms with Crippen LogP contribution in [0.15, 0.2) is 67.0 Å². The number of rotatable bonds is 6. The van der Waals surface area contributed by atoms with Crippen LogP contribution in [0.5, 0.6) is 0 Å². The Bertz CT molecular complexity index is 1850. The average molecular weight is 594 g/mol. The van der Waals surface area contributed by atoms with Crippen LogP contribution in [0.4, 0.5) is 29.1 Å². The fraction of sp³-hybridized carbons (Fsp3) is 0.138. The summed E-state index contributed by atoms with van der Waals surface area (Å²) in [4.78, 5) is 25.2. The molecule has 0 atom stereocenters. The molecule has 0 spiro atoms. The third kappa shape index (κ3) is 5.50. The van der Waals surface area contributed by atoms with Gasteiger partial charge >= 0.3 is 6.18 Å². The molecule has 8 nitrogen and oxygen atoms in total. The number of aryl methyl sites for hydroxylation is 2. The molecule has 3 aromatic heterocycles. The van der Waals surface area contributed by atoms with Gasteiger partial charge in [-0.25, -0.2) is 19.0 Å². The zero-order valence-corrected chi connectivity index (χ0v) is 23.3. The number of carbonyl (C=O) groups is 1. The van der Waals surface area contributed by atoms with Crippen molar-refractivity contribution in [2.75, 3.05) is 17.7 Å². The maximum atomic E-state index is 14.2. The highest BCUT2D eigenvalue weighted by Gasteiger charge is 2.37. The van der Waals surface area contributed by atoms with Crippen LogP contribution in [0.3, 0.4) is 0 Å². The first-order chi connectivity index (χ1) is 20.0. The van der Waals surface area contributed by atoms with Crippen molar-refractivity contribution in [1.82, 2.24) is 24.7 Å². The molecule has 0 radical (unpaired) electrons. The molecule has 5 aromatic rings. The van der Waals surface area contributed by atoms with Gasteiger partial charge in [0, 0.05) is 30.7 Å². The first kappa shape index (κ1) is 28.6. The van der Waals surface area contributed by atoms with Gasteiger partial charge in [-0.05, 0) is 66.9 Å². The van der Waals surface area contributed by atoms with Crippen LogP contribution in [-0.4, -0.2) is 37.7 Å². The molecule has 0 saturated heterocycles. The Hall–Kier alpha value is -4.91. The summed E-state index contributed by atoms with van der Waals surface area (Å²) in [5, 5.41) is 8.47. The molecule has 2 aromatic carbocycles. The minimum atomic E-state index is -4.93.